The van der Waals surface area contributed by atoms with Gasteiger partial charge in [0.25, 0.3) is 0 Å². The van der Waals surface area contributed by atoms with E-state index in [0.29, 0.717) is 6.61 Å². The summed E-state index contributed by atoms with van der Waals surface area (Å²) >= 11 is 1.78. The molecule has 0 bridgehead atoms. The first-order chi connectivity index (χ1) is 12.9. The van der Waals surface area contributed by atoms with Crippen LogP contribution in [0.2, 0.25) is 0 Å². The van der Waals surface area contributed by atoms with Gasteiger partial charge in [0.2, 0.25) is 0 Å². The van der Waals surface area contributed by atoms with E-state index in [2.05, 4.69) is 32.3 Å². The molecule has 1 unspecified atom stereocenters. The van der Waals surface area contributed by atoms with Crippen LogP contribution in [0.5, 0.6) is 11.5 Å². The molecule has 0 aliphatic carbocycles. The Kier molecular flexibility index (Phi) is 4.15. The number of rotatable bonds is 3. The maximum absolute atomic E-state index is 6.10. The number of hydrogen-bond acceptors (Lipinski definition) is 6. The van der Waals surface area contributed by atoms with Crippen molar-refractivity contribution in [3.63, 3.8) is 0 Å². The van der Waals surface area contributed by atoms with Crippen LogP contribution in [0, 0.1) is 0 Å². The Bertz CT molecular complexity index is 905. The van der Waals surface area contributed by atoms with Crippen LogP contribution in [0.1, 0.15) is 0 Å². The van der Waals surface area contributed by atoms with E-state index in [4.69, 9.17) is 9.47 Å². The fourth-order valence-corrected chi connectivity index (χ4v) is 4.60. The largest absolute Gasteiger partial charge is 0.486 e. The maximum Gasteiger partial charge on any atom is 0.161 e. The normalized spacial score (nSPS) is 20.5. The number of fused-ring (bicyclic) bond motifs is 2. The van der Waals surface area contributed by atoms with Gasteiger partial charge < -0.3 is 14.4 Å². The van der Waals surface area contributed by atoms with E-state index in [0.717, 1.165) is 50.0 Å². The predicted molar refractivity (Wildman–Crippen MR) is 105 cm³/mol. The summed E-state index contributed by atoms with van der Waals surface area (Å²) in [4.78, 5) is 9.51. The van der Waals surface area contributed by atoms with E-state index in [9.17, 15) is 0 Å². The van der Waals surface area contributed by atoms with E-state index >= 15 is 0 Å². The molecule has 0 spiro atoms. The minimum Gasteiger partial charge on any atom is -0.486 e. The number of pyridine rings is 1. The molecular formula is C20H21N3O2S. The van der Waals surface area contributed by atoms with Gasteiger partial charge in [0.1, 0.15) is 18.5 Å². The predicted octanol–water partition coefficient (Wildman–Crippen LogP) is 3.26. The summed E-state index contributed by atoms with van der Waals surface area (Å²) in [5, 5.41) is 3.43. The summed E-state index contributed by atoms with van der Waals surface area (Å²) in [5.41, 5.74) is 0. The molecule has 0 N–H and O–H groups in total. The van der Waals surface area contributed by atoms with Gasteiger partial charge in [-0.1, -0.05) is 12.1 Å². The second-order valence-electron chi connectivity index (χ2n) is 6.76. The van der Waals surface area contributed by atoms with Crippen LogP contribution < -0.4 is 14.4 Å². The number of piperazine rings is 1. The molecule has 5 nitrogen and oxygen atoms in total. The standard InChI is InChI=1S/C20H21N3O2S/c1-2-4-18-17(3-1)24-14-16(25-18)13-22-8-10-23(11-9-22)20-19-15(5-7-21-20)6-12-26-19/h1-7,12,16H,8-11,13-14H2. The van der Waals surface area contributed by atoms with Gasteiger partial charge in [0.15, 0.2) is 11.5 Å². The van der Waals surface area contributed by atoms with Gasteiger partial charge in [-0.05, 0) is 35.0 Å². The summed E-state index contributed by atoms with van der Waals surface area (Å²) < 4.78 is 13.2. The zero-order chi connectivity index (χ0) is 17.3. The molecule has 4 heterocycles. The third kappa shape index (κ3) is 2.99. The van der Waals surface area contributed by atoms with Crippen LogP contribution >= 0.6 is 11.3 Å². The minimum absolute atomic E-state index is 0.0929. The van der Waals surface area contributed by atoms with Gasteiger partial charge in [-0.25, -0.2) is 4.98 Å². The molecule has 1 saturated heterocycles. The molecule has 1 aromatic carbocycles. The Morgan fingerprint density at radius 1 is 1.04 bits per heavy atom. The first-order valence-electron chi connectivity index (χ1n) is 9.05. The van der Waals surface area contributed by atoms with E-state index in [1.165, 1.54) is 10.1 Å². The molecule has 1 atom stereocenters. The molecule has 2 aromatic heterocycles. The molecule has 1 fully saturated rings. The number of nitrogens with zero attached hydrogens (tertiary/aromatic N) is 3. The number of anilines is 1. The molecule has 3 aromatic rings. The second-order valence-corrected chi connectivity index (χ2v) is 7.67. The lowest BCUT2D eigenvalue weighted by atomic mass is 10.2. The quantitative estimate of drug-likeness (QED) is 0.710. The van der Waals surface area contributed by atoms with Gasteiger partial charge >= 0.3 is 0 Å². The highest BCUT2D eigenvalue weighted by Crippen LogP contribution is 2.32. The van der Waals surface area contributed by atoms with Crippen LogP contribution in [0.3, 0.4) is 0 Å². The highest BCUT2D eigenvalue weighted by molar-refractivity contribution is 7.17. The molecular weight excluding hydrogens is 346 g/mol. The molecule has 6 heteroatoms. The summed E-state index contributed by atoms with van der Waals surface area (Å²) in [6.45, 7) is 5.55. The van der Waals surface area contributed by atoms with Crippen molar-refractivity contribution < 1.29 is 9.47 Å². The number of thiophene rings is 1. The van der Waals surface area contributed by atoms with E-state index < -0.39 is 0 Å². The van der Waals surface area contributed by atoms with E-state index in [-0.39, 0.29) is 6.10 Å². The number of aromatic nitrogens is 1. The van der Waals surface area contributed by atoms with E-state index in [1.807, 2.05) is 30.5 Å². The van der Waals surface area contributed by atoms with Gasteiger partial charge in [0, 0.05) is 38.9 Å². The Balaban J connectivity index is 1.21. The molecule has 0 radical (unpaired) electrons. The van der Waals surface area contributed by atoms with Crippen molar-refractivity contribution >= 4 is 27.2 Å². The number of para-hydroxylation sites is 2. The smallest absolute Gasteiger partial charge is 0.161 e. The molecule has 2 aliphatic heterocycles. The maximum atomic E-state index is 6.10. The summed E-state index contributed by atoms with van der Waals surface area (Å²) in [7, 11) is 0. The lowest BCUT2D eigenvalue weighted by Gasteiger charge is -2.37. The molecule has 2 aliphatic rings. The van der Waals surface area contributed by atoms with E-state index in [1.54, 1.807) is 11.3 Å². The third-order valence-electron chi connectivity index (χ3n) is 5.05. The molecule has 26 heavy (non-hydrogen) atoms. The van der Waals surface area contributed by atoms with Gasteiger partial charge in [-0.3, -0.25) is 4.90 Å². The van der Waals surface area contributed by atoms with Crippen LogP contribution in [0.15, 0.2) is 48.0 Å². The highest BCUT2D eigenvalue weighted by Gasteiger charge is 2.26. The molecule has 134 valence electrons. The van der Waals surface area contributed by atoms with Crippen LogP contribution in [0.25, 0.3) is 10.1 Å². The zero-order valence-electron chi connectivity index (χ0n) is 14.5. The first kappa shape index (κ1) is 15.9. The molecule has 0 saturated carbocycles. The fourth-order valence-electron chi connectivity index (χ4n) is 3.69. The summed E-state index contributed by atoms with van der Waals surface area (Å²) in [6.07, 6.45) is 2.01. The summed E-state index contributed by atoms with van der Waals surface area (Å²) in [6, 6.07) is 12.2. The molecule has 5 rings (SSSR count). The Morgan fingerprint density at radius 3 is 2.77 bits per heavy atom. The molecule has 0 amide bonds. The summed E-state index contributed by atoms with van der Waals surface area (Å²) in [5.74, 6) is 2.84. The Hall–Kier alpha value is -2.31. The van der Waals surface area contributed by atoms with Crippen molar-refractivity contribution in [2.24, 2.45) is 0 Å². The lowest BCUT2D eigenvalue weighted by Crippen LogP contribution is -2.50. The number of ether oxygens (including phenoxy) is 2. The first-order valence-corrected chi connectivity index (χ1v) is 9.93. The Labute approximate surface area is 156 Å². The van der Waals surface area contributed by atoms with Gasteiger partial charge in [0.05, 0.1) is 4.70 Å². The van der Waals surface area contributed by atoms with Gasteiger partial charge in [-0.2, -0.15) is 0 Å². The monoisotopic (exact) mass is 367 g/mol. The van der Waals surface area contributed by atoms with Crippen molar-refractivity contribution in [2.75, 3.05) is 44.2 Å². The Morgan fingerprint density at radius 2 is 1.88 bits per heavy atom. The topological polar surface area (TPSA) is 37.8 Å². The van der Waals surface area contributed by atoms with Crippen molar-refractivity contribution in [1.29, 1.82) is 0 Å². The average molecular weight is 367 g/mol. The zero-order valence-corrected chi connectivity index (χ0v) is 15.3. The van der Waals surface area contributed by atoms with Crippen molar-refractivity contribution in [1.82, 2.24) is 9.88 Å². The number of hydrogen-bond donors (Lipinski definition) is 0. The van der Waals surface area contributed by atoms with Crippen LogP contribution in [0.4, 0.5) is 5.82 Å². The SMILES string of the molecule is c1ccc2c(c1)OCC(CN1CCN(c3nccc4ccsc34)CC1)O2. The number of benzene rings is 1. The fraction of sp³-hybridized carbons (Fsp3) is 0.350. The lowest BCUT2D eigenvalue weighted by molar-refractivity contribution is 0.0571. The van der Waals surface area contributed by atoms with Gasteiger partial charge in [-0.15, -0.1) is 11.3 Å². The van der Waals surface area contributed by atoms with Crippen LogP contribution in [-0.4, -0.2) is 55.3 Å². The second kappa shape index (κ2) is 6.78. The minimum atomic E-state index is 0.0929. The average Bonchev–Trinajstić information content (AvgIpc) is 3.17. The third-order valence-corrected chi connectivity index (χ3v) is 5.98. The van der Waals surface area contributed by atoms with Crippen molar-refractivity contribution in [3.05, 3.63) is 48.0 Å². The van der Waals surface area contributed by atoms with Crippen molar-refractivity contribution in [3.8, 4) is 11.5 Å². The highest BCUT2D eigenvalue weighted by atomic mass is 32.1. The van der Waals surface area contributed by atoms with Crippen molar-refractivity contribution in [2.45, 2.75) is 6.10 Å². The van der Waals surface area contributed by atoms with Crippen LogP contribution in [-0.2, 0) is 0 Å².